The van der Waals surface area contributed by atoms with E-state index in [4.69, 9.17) is 5.73 Å². The van der Waals surface area contributed by atoms with Gasteiger partial charge in [0.2, 0.25) is 0 Å². The summed E-state index contributed by atoms with van der Waals surface area (Å²) in [6.45, 7) is 0.790. The fourth-order valence-corrected chi connectivity index (χ4v) is 4.03. The van der Waals surface area contributed by atoms with Gasteiger partial charge < -0.3 is 15.5 Å². The smallest absolute Gasteiger partial charge is 0.330 e. The van der Waals surface area contributed by atoms with Crippen molar-refractivity contribution in [2.45, 2.75) is 18.5 Å². The van der Waals surface area contributed by atoms with Gasteiger partial charge in [-0.1, -0.05) is 48.5 Å². The Morgan fingerprint density at radius 1 is 1.18 bits per heavy atom. The molecule has 0 fully saturated rings. The van der Waals surface area contributed by atoms with Gasteiger partial charge in [-0.2, -0.15) is 0 Å². The maximum atomic E-state index is 12.6. The second-order valence-corrected chi connectivity index (χ2v) is 7.06. The van der Waals surface area contributed by atoms with E-state index >= 15 is 0 Å². The molecule has 2 unspecified atom stereocenters. The number of aromatic nitrogens is 1. The molecule has 0 saturated carbocycles. The molecule has 2 atom stereocenters. The van der Waals surface area contributed by atoms with E-state index in [-0.39, 0.29) is 18.4 Å². The third kappa shape index (κ3) is 3.21. The van der Waals surface area contributed by atoms with Crippen LogP contribution < -0.4 is 5.73 Å². The van der Waals surface area contributed by atoms with E-state index in [1.54, 1.807) is 0 Å². The molecule has 144 valence electrons. The molecule has 6 nitrogen and oxygen atoms in total. The Bertz CT molecular complexity index is 1010. The minimum absolute atomic E-state index is 0.0879. The molecule has 3 N–H and O–H groups in total. The summed E-state index contributed by atoms with van der Waals surface area (Å²) in [5.74, 6) is -1.04. The molecule has 28 heavy (non-hydrogen) atoms. The highest BCUT2D eigenvalue weighted by molar-refractivity contribution is 6.03. The van der Waals surface area contributed by atoms with Gasteiger partial charge in [0.25, 0.3) is 0 Å². The molecule has 6 heteroatoms. The maximum Gasteiger partial charge on any atom is 0.330 e. The van der Waals surface area contributed by atoms with E-state index in [1.165, 1.54) is 18.1 Å². The van der Waals surface area contributed by atoms with Crippen molar-refractivity contribution in [3.05, 3.63) is 71.4 Å². The van der Waals surface area contributed by atoms with Gasteiger partial charge in [0.05, 0.1) is 19.7 Å². The van der Waals surface area contributed by atoms with Crippen molar-refractivity contribution in [3.8, 4) is 0 Å². The Balaban J connectivity index is 1.73. The maximum absolute atomic E-state index is 12.6. The number of nitrogens with two attached hydrogens (primary N) is 1. The van der Waals surface area contributed by atoms with Gasteiger partial charge in [0.15, 0.2) is 11.8 Å². The number of ketones is 1. The number of methoxy groups -OCH3 is 1. The summed E-state index contributed by atoms with van der Waals surface area (Å²) in [5.41, 5.74) is 10.3. The van der Waals surface area contributed by atoms with Gasteiger partial charge in [-0.25, -0.2) is 4.79 Å². The third-order valence-electron chi connectivity index (χ3n) is 5.41. The number of esters is 1. The SMILES string of the molecule is COC(=O)C(N)C(=O)CN1CCc2c([nH]c3ccccc23)C1c1ccccc1. The number of nitrogens with zero attached hydrogens (tertiary/aromatic N) is 1. The Kier molecular flexibility index (Phi) is 4.98. The fourth-order valence-electron chi connectivity index (χ4n) is 4.03. The summed E-state index contributed by atoms with van der Waals surface area (Å²) in [6, 6.07) is 17.0. The van der Waals surface area contributed by atoms with Crippen molar-refractivity contribution in [1.29, 1.82) is 0 Å². The van der Waals surface area contributed by atoms with Crippen LogP contribution in [0.15, 0.2) is 54.6 Å². The van der Waals surface area contributed by atoms with Crippen molar-refractivity contribution in [3.63, 3.8) is 0 Å². The average Bonchev–Trinajstić information content (AvgIpc) is 3.11. The molecule has 0 aliphatic carbocycles. The van der Waals surface area contributed by atoms with E-state index < -0.39 is 12.0 Å². The molecule has 0 radical (unpaired) electrons. The van der Waals surface area contributed by atoms with Crippen molar-refractivity contribution < 1.29 is 14.3 Å². The van der Waals surface area contributed by atoms with Crippen LogP contribution in [0.4, 0.5) is 0 Å². The fraction of sp³-hybridized carbons (Fsp3) is 0.273. The molecule has 1 aliphatic heterocycles. The number of hydrogen-bond donors (Lipinski definition) is 2. The van der Waals surface area contributed by atoms with E-state index in [2.05, 4.69) is 38.9 Å². The predicted molar refractivity (Wildman–Crippen MR) is 107 cm³/mol. The van der Waals surface area contributed by atoms with Crippen LogP contribution in [-0.4, -0.2) is 47.9 Å². The van der Waals surface area contributed by atoms with Crippen LogP contribution >= 0.6 is 0 Å². The molecular formula is C22H23N3O3. The largest absolute Gasteiger partial charge is 0.468 e. The minimum atomic E-state index is -1.26. The summed E-state index contributed by atoms with van der Waals surface area (Å²) in [7, 11) is 1.24. The van der Waals surface area contributed by atoms with Gasteiger partial charge in [-0.3, -0.25) is 9.69 Å². The number of Topliss-reactive ketones (excluding diaryl/α,β-unsaturated/α-hetero) is 1. The molecule has 0 amide bonds. The van der Waals surface area contributed by atoms with Crippen LogP contribution in [0.2, 0.25) is 0 Å². The monoisotopic (exact) mass is 377 g/mol. The minimum Gasteiger partial charge on any atom is -0.468 e. The highest BCUT2D eigenvalue weighted by Gasteiger charge is 2.34. The lowest BCUT2D eigenvalue weighted by Gasteiger charge is -2.36. The van der Waals surface area contributed by atoms with Crippen LogP contribution in [0.5, 0.6) is 0 Å². The van der Waals surface area contributed by atoms with Crippen molar-refractivity contribution in [1.82, 2.24) is 9.88 Å². The summed E-state index contributed by atoms with van der Waals surface area (Å²) in [6.07, 6.45) is 0.823. The zero-order valence-corrected chi connectivity index (χ0v) is 15.7. The van der Waals surface area contributed by atoms with E-state index in [1.807, 2.05) is 30.3 Å². The molecule has 3 aromatic rings. The number of benzene rings is 2. The molecule has 1 aromatic heterocycles. The van der Waals surface area contributed by atoms with Crippen LogP contribution in [0.25, 0.3) is 10.9 Å². The van der Waals surface area contributed by atoms with Crippen molar-refractivity contribution in [2.24, 2.45) is 5.73 Å². The highest BCUT2D eigenvalue weighted by atomic mass is 16.5. The Morgan fingerprint density at radius 2 is 1.89 bits per heavy atom. The first kappa shape index (κ1) is 18.4. The van der Waals surface area contributed by atoms with Crippen molar-refractivity contribution in [2.75, 3.05) is 20.2 Å². The quantitative estimate of drug-likeness (QED) is 0.526. The normalized spacial score (nSPS) is 17.9. The zero-order chi connectivity index (χ0) is 19.7. The summed E-state index contributed by atoms with van der Waals surface area (Å²) in [5, 5.41) is 1.22. The van der Waals surface area contributed by atoms with E-state index in [0.717, 1.165) is 23.2 Å². The van der Waals surface area contributed by atoms with Gasteiger partial charge in [0, 0.05) is 23.1 Å². The van der Waals surface area contributed by atoms with E-state index in [0.29, 0.717) is 6.54 Å². The number of ether oxygens (including phenoxy) is 1. The van der Waals surface area contributed by atoms with Crippen LogP contribution in [0.1, 0.15) is 22.9 Å². The van der Waals surface area contributed by atoms with Gasteiger partial charge in [-0.05, 0) is 23.6 Å². The number of carbonyl (C=O) groups excluding carboxylic acids is 2. The average molecular weight is 377 g/mol. The second kappa shape index (κ2) is 7.58. The molecule has 0 spiro atoms. The number of carbonyl (C=O) groups is 2. The standard InChI is InChI=1S/C22H23N3O3/c1-28-22(27)19(23)18(26)13-25-12-11-16-15-9-5-6-10-17(15)24-20(16)21(25)14-7-3-2-4-8-14/h2-10,19,21,24H,11-13,23H2,1H3. The lowest BCUT2D eigenvalue weighted by molar-refractivity contribution is -0.145. The topological polar surface area (TPSA) is 88.4 Å². The first-order valence-electron chi connectivity index (χ1n) is 9.34. The summed E-state index contributed by atoms with van der Waals surface area (Å²) >= 11 is 0. The highest BCUT2D eigenvalue weighted by Crippen LogP contribution is 2.38. The molecule has 0 bridgehead atoms. The second-order valence-electron chi connectivity index (χ2n) is 7.06. The molecule has 0 saturated heterocycles. The van der Waals surface area contributed by atoms with Crippen LogP contribution in [0.3, 0.4) is 0 Å². The molecule has 2 aromatic carbocycles. The number of hydrogen-bond acceptors (Lipinski definition) is 5. The number of rotatable bonds is 5. The first-order chi connectivity index (χ1) is 13.6. The van der Waals surface area contributed by atoms with Gasteiger partial charge in [0.1, 0.15) is 0 Å². The Hall–Kier alpha value is -2.96. The lowest BCUT2D eigenvalue weighted by Crippen LogP contribution is -2.47. The van der Waals surface area contributed by atoms with E-state index in [9.17, 15) is 9.59 Å². The lowest BCUT2D eigenvalue weighted by atomic mass is 9.92. The number of nitrogens with one attached hydrogen (secondary N) is 1. The summed E-state index contributed by atoms with van der Waals surface area (Å²) < 4.78 is 4.62. The molecule has 2 heterocycles. The number of para-hydroxylation sites is 1. The van der Waals surface area contributed by atoms with Gasteiger partial charge >= 0.3 is 5.97 Å². The number of fused-ring (bicyclic) bond motifs is 3. The Labute approximate surface area is 163 Å². The zero-order valence-electron chi connectivity index (χ0n) is 15.7. The predicted octanol–water partition coefficient (Wildman–Crippen LogP) is 2.18. The Morgan fingerprint density at radius 3 is 2.64 bits per heavy atom. The van der Waals surface area contributed by atoms with Crippen LogP contribution in [-0.2, 0) is 20.7 Å². The number of aromatic amines is 1. The molecule has 4 rings (SSSR count). The molecular weight excluding hydrogens is 354 g/mol. The van der Waals surface area contributed by atoms with Gasteiger partial charge in [-0.15, -0.1) is 0 Å². The summed E-state index contributed by atoms with van der Waals surface area (Å²) in [4.78, 5) is 29.9. The van der Waals surface area contributed by atoms with Crippen molar-refractivity contribution >= 4 is 22.7 Å². The third-order valence-corrected chi connectivity index (χ3v) is 5.41. The molecule has 1 aliphatic rings. The first-order valence-corrected chi connectivity index (χ1v) is 9.34. The number of H-pyrrole nitrogens is 1. The van der Waals surface area contributed by atoms with Crippen LogP contribution in [0, 0.1) is 0 Å².